The lowest BCUT2D eigenvalue weighted by atomic mass is 10.1. The number of nitrogens with two attached hydrogens (primary N) is 1. The third-order valence-electron chi connectivity index (χ3n) is 4.64. The van der Waals surface area contributed by atoms with Gasteiger partial charge in [0.2, 0.25) is 11.8 Å². The SMILES string of the molecule is CC(C)(C)[Si](C)(C)OCC[C@H](NC(=O)[C@@H]1CCOC1)C(N)=O. The molecule has 0 radical (unpaired) electrons. The van der Waals surface area contributed by atoms with Crippen LogP contribution in [-0.2, 0) is 18.8 Å². The second kappa shape index (κ2) is 7.57. The topological polar surface area (TPSA) is 90.7 Å². The molecule has 0 aliphatic carbocycles. The molecule has 1 aliphatic rings. The van der Waals surface area contributed by atoms with Crippen molar-refractivity contribution in [2.75, 3.05) is 19.8 Å². The van der Waals surface area contributed by atoms with Crippen LogP contribution in [0.4, 0.5) is 0 Å². The van der Waals surface area contributed by atoms with E-state index in [1.54, 1.807) is 0 Å². The molecule has 1 saturated heterocycles. The molecular weight excluding hydrogens is 300 g/mol. The zero-order chi connectivity index (χ0) is 17.0. The molecule has 6 nitrogen and oxygen atoms in total. The number of nitrogens with one attached hydrogen (secondary N) is 1. The molecule has 22 heavy (non-hydrogen) atoms. The van der Waals surface area contributed by atoms with Crippen molar-refractivity contribution >= 4 is 20.1 Å². The molecule has 0 bridgehead atoms. The smallest absolute Gasteiger partial charge is 0.240 e. The van der Waals surface area contributed by atoms with E-state index in [0.717, 1.165) is 0 Å². The van der Waals surface area contributed by atoms with E-state index in [-0.39, 0.29) is 16.9 Å². The fourth-order valence-electron chi connectivity index (χ4n) is 1.96. The first-order valence-corrected chi connectivity index (χ1v) is 10.8. The van der Waals surface area contributed by atoms with Crippen LogP contribution in [0.1, 0.15) is 33.6 Å². The van der Waals surface area contributed by atoms with E-state index < -0.39 is 20.3 Å². The van der Waals surface area contributed by atoms with Crippen LogP contribution in [-0.4, -0.2) is 46.0 Å². The van der Waals surface area contributed by atoms with Gasteiger partial charge in [-0.25, -0.2) is 0 Å². The van der Waals surface area contributed by atoms with Gasteiger partial charge in [-0.2, -0.15) is 0 Å². The molecule has 0 unspecified atom stereocenters. The molecule has 0 saturated carbocycles. The summed E-state index contributed by atoms with van der Waals surface area (Å²) in [5, 5.41) is 2.84. The highest BCUT2D eigenvalue weighted by atomic mass is 28.4. The highest BCUT2D eigenvalue weighted by Gasteiger charge is 2.37. The number of primary amides is 1. The zero-order valence-corrected chi connectivity index (χ0v) is 15.4. The summed E-state index contributed by atoms with van der Waals surface area (Å²) >= 11 is 0. The van der Waals surface area contributed by atoms with Crippen molar-refractivity contribution < 1.29 is 18.8 Å². The Kier molecular flexibility index (Phi) is 6.58. The van der Waals surface area contributed by atoms with Crippen molar-refractivity contribution in [3.05, 3.63) is 0 Å². The summed E-state index contributed by atoms with van der Waals surface area (Å²) in [5.74, 6) is -0.858. The largest absolute Gasteiger partial charge is 0.417 e. The Morgan fingerprint density at radius 3 is 2.50 bits per heavy atom. The molecule has 2 amide bonds. The molecular formula is C15H30N2O4Si. The maximum absolute atomic E-state index is 12.0. The standard InChI is InChI=1S/C15H30N2O4Si/c1-15(2,3)22(4,5)21-9-7-12(13(16)18)17-14(19)11-6-8-20-10-11/h11-12H,6-10H2,1-5H3,(H2,16,18)(H,17,19)/t11-,12+/m1/s1. The van der Waals surface area contributed by atoms with Gasteiger partial charge in [-0.15, -0.1) is 0 Å². The summed E-state index contributed by atoms with van der Waals surface area (Å²) in [7, 11) is -1.86. The minimum Gasteiger partial charge on any atom is -0.417 e. The molecule has 0 aromatic carbocycles. The summed E-state index contributed by atoms with van der Waals surface area (Å²) < 4.78 is 11.2. The minimum absolute atomic E-state index is 0.111. The van der Waals surface area contributed by atoms with Crippen LogP contribution in [0, 0.1) is 5.92 Å². The minimum atomic E-state index is -1.86. The van der Waals surface area contributed by atoms with Crippen LogP contribution < -0.4 is 11.1 Å². The van der Waals surface area contributed by atoms with Crippen molar-refractivity contribution in [3.63, 3.8) is 0 Å². The molecule has 0 aromatic rings. The Hall–Kier alpha value is -0.923. The third kappa shape index (κ3) is 5.37. The molecule has 128 valence electrons. The maximum Gasteiger partial charge on any atom is 0.240 e. The average molecular weight is 331 g/mol. The van der Waals surface area contributed by atoms with Gasteiger partial charge >= 0.3 is 0 Å². The molecule has 1 aliphatic heterocycles. The molecule has 1 fully saturated rings. The monoisotopic (exact) mass is 330 g/mol. The van der Waals surface area contributed by atoms with Gasteiger partial charge in [0.1, 0.15) is 6.04 Å². The van der Waals surface area contributed by atoms with Gasteiger partial charge in [0.25, 0.3) is 0 Å². The van der Waals surface area contributed by atoms with E-state index in [4.69, 9.17) is 14.9 Å². The number of ether oxygens (including phenoxy) is 1. The zero-order valence-electron chi connectivity index (χ0n) is 14.4. The summed E-state index contributed by atoms with van der Waals surface area (Å²) in [6.45, 7) is 12.2. The van der Waals surface area contributed by atoms with Crippen molar-refractivity contribution in [1.82, 2.24) is 5.32 Å². The van der Waals surface area contributed by atoms with Crippen molar-refractivity contribution in [2.45, 2.75) is 57.8 Å². The number of carbonyl (C=O) groups excluding carboxylic acids is 2. The first-order valence-electron chi connectivity index (χ1n) is 7.86. The van der Waals surface area contributed by atoms with Crippen molar-refractivity contribution in [1.29, 1.82) is 0 Å². The van der Waals surface area contributed by atoms with E-state index in [9.17, 15) is 9.59 Å². The van der Waals surface area contributed by atoms with Crippen LogP contribution in [0.25, 0.3) is 0 Å². The van der Waals surface area contributed by atoms with Crippen LogP contribution >= 0.6 is 0 Å². The number of amides is 2. The lowest BCUT2D eigenvalue weighted by molar-refractivity contribution is -0.130. The maximum atomic E-state index is 12.0. The second-order valence-corrected chi connectivity index (χ2v) is 12.2. The first-order chi connectivity index (χ1) is 10.0. The lowest BCUT2D eigenvalue weighted by Crippen LogP contribution is -2.48. The Morgan fingerprint density at radius 1 is 1.41 bits per heavy atom. The Morgan fingerprint density at radius 2 is 2.05 bits per heavy atom. The van der Waals surface area contributed by atoms with Crippen LogP contribution in [0.2, 0.25) is 18.1 Å². The summed E-state index contributed by atoms with van der Waals surface area (Å²) in [6.07, 6.45) is 1.10. The number of hydrogen-bond acceptors (Lipinski definition) is 4. The average Bonchev–Trinajstić information content (AvgIpc) is 2.89. The van der Waals surface area contributed by atoms with Crippen LogP contribution in [0.15, 0.2) is 0 Å². The molecule has 2 atom stereocenters. The van der Waals surface area contributed by atoms with Crippen molar-refractivity contribution in [2.24, 2.45) is 11.7 Å². The van der Waals surface area contributed by atoms with Gasteiger partial charge in [0.05, 0.1) is 12.5 Å². The van der Waals surface area contributed by atoms with Gasteiger partial charge in [-0.3, -0.25) is 9.59 Å². The quantitative estimate of drug-likeness (QED) is 0.690. The van der Waals surface area contributed by atoms with Gasteiger partial charge in [-0.05, 0) is 31.0 Å². The molecule has 0 aromatic heterocycles. The van der Waals surface area contributed by atoms with Crippen molar-refractivity contribution in [3.8, 4) is 0 Å². The number of rotatable bonds is 7. The third-order valence-corrected chi connectivity index (χ3v) is 9.17. The highest BCUT2D eigenvalue weighted by molar-refractivity contribution is 6.74. The van der Waals surface area contributed by atoms with E-state index in [2.05, 4.69) is 39.2 Å². The number of hydrogen-bond donors (Lipinski definition) is 2. The summed E-state index contributed by atoms with van der Waals surface area (Å²) in [6, 6.07) is -0.683. The van der Waals surface area contributed by atoms with Crippen LogP contribution in [0.3, 0.4) is 0 Å². The first kappa shape index (κ1) is 19.1. The Labute approximate surface area is 134 Å². The fraction of sp³-hybridized carbons (Fsp3) is 0.867. The predicted molar refractivity (Wildman–Crippen MR) is 87.8 cm³/mol. The van der Waals surface area contributed by atoms with E-state index in [1.165, 1.54) is 0 Å². The lowest BCUT2D eigenvalue weighted by Gasteiger charge is -2.36. The Balaban J connectivity index is 2.48. The molecule has 7 heteroatoms. The Bertz CT molecular complexity index is 401. The fourth-order valence-corrected chi connectivity index (χ4v) is 3.03. The number of carbonyl (C=O) groups is 2. The normalized spacial score (nSPS) is 20.7. The van der Waals surface area contributed by atoms with Gasteiger partial charge in [0.15, 0.2) is 8.32 Å². The van der Waals surface area contributed by atoms with Crippen LogP contribution in [0.5, 0.6) is 0 Å². The molecule has 3 N–H and O–H groups in total. The summed E-state index contributed by atoms with van der Waals surface area (Å²) in [4.78, 5) is 23.6. The second-order valence-electron chi connectivity index (χ2n) is 7.42. The van der Waals surface area contributed by atoms with E-state index in [1.807, 2.05) is 0 Å². The van der Waals surface area contributed by atoms with Gasteiger partial charge < -0.3 is 20.2 Å². The van der Waals surface area contributed by atoms with E-state index in [0.29, 0.717) is 32.7 Å². The molecule has 1 heterocycles. The predicted octanol–water partition coefficient (Wildman–Crippen LogP) is 1.40. The van der Waals surface area contributed by atoms with E-state index >= 15 is 0 Å². The molecule has 1 rings (SSSR count). The summed E-state index contributed by atoms with van der Waals surface area (Å²) in [5.41, 5.74) is 5.39. The molecule has 0 spiro atoms. The van der Waals surface area contributed by atoms with Gasteiger partial charge in [-0.1, -0.05) is 20.8 Å². The highest BCUT2D eigenvalue weighted by Crippen LogP contribution is 2.36. The van der Waals surface area contributed by atoms with Gasteiger partial charge in [0, 0.05) is 13.2 Å².